The van der Waals surface area contributed by atoms with Crippen molar-refractivity contribution in [1.82, 2.24) is 0 Å². The molecule has 0 spiro atoms. The third-order valence-electron chi connectivity index (χ3n) is 3.75. The maximum Gasteiger partial charge on any atom is 0.161 e. The highest BCUT2D eigenvalue weighted by atomic mass is 16.6. The van der Waals surface area contributed by atoms with Gasteiger partial charge in [0.2, 0.25) is 0 Å². The van der Waals surface area contributed by atoms with Crippen LogP contribution in [0.15, 0.2) is 18.2 Å². The van der Waals surface area contributed by atoms with E-state index in [1.165, 1.54) is 0 Å². The fourth-order valence-corrected chi connectivity index (χ4v) is 2.67. The molecular formula is C14H18O3. The van der Waals surface area contributed by atoms with Crippen LogP contribution in [-0.4, -0.2) is 18.3 Å². The van der Waals surface area contributed by atoms with Gasteiger partial charge in [-0.2, -0.15) is 0 Å². The first-order valence-corrected chi connectivity index (χ1v) is 6.36. The van der Waals surface area contributed by atoms with E-state index < -0.39 is 5.60 Å². The molecule has 0 aromatic heterocycles. The molecule has 1 aromatic rings. The van der Waals surface area contributed by atoms with Crippen molar-refractivity contribution in [2.24, 2.45) is 5.92 Å². The Morgan fingerprint density at radius 1 is 1.29 bits per heavy atom. The summed E-state index contributed by atoms with van der Waals surface area (Å²) in [7, 11) is 0. The van der Waals surface area contributed by atoms with Crippen LogP contribution in [0, 0.1) is 5.92 Å². The lowest BCUT2D eigenvalue weighted by molar-refractivity contribution is 0.127. The third-order valence-corrected chi connectivity index (χ3v) is 3.75. The van der Waals surface area contributed by atoms with Gasteiger partial charge in [-0.3, -0.25) is 0 Å². The predicted molar refractivity (Wildman–Crippen MR) is 64.3 cm³/mol. The summed E-state index contributed by atoms with van der Waals surface area (Å²) in [5.74, 6) is 1.97. The topological polar surface area (TPSA) is 38.7 Å². The third kappa shape index (κ3) is 1.78. The van der Waals surface area contributed by atoms with E-state index in [0.29, 0.717) is 19.1 Å². The van der Waals surface area contributed by atoms with Crippen LogP contribution in [0.2, 0.25) is 0 Å². The fourth-order valence-electron chi connectivity index (χ4n) is 2.67. The molecule has 3 nitrogen and oxygen atoms in total. The Kier molecular flexibility index (Phi) is 2.51. The average Bonchev–Trinajstić information content (AvgIpc) is 3.01. The van der Waals surface area contributed by atoms with E-state index in [9.17, 15) is 5.11 Å². The number of ether oxygens (including phenoxy) is 2. The highest BCUT2D eigenvalue weighted by Crippen LogP contribution is 2.55. The smallest absolute Gasteiger partial charge is 0.161 e. The maximum atomic E-state index is 10.5. The van der Waals surface area contributed by atoms with Gasteiger partial charge in [0.05, 0.1) is 5.60 Å². The van der Waals surface area contributed by atoms with Gasteiger partial charge >= 0.3 is 0 Å². The van der Waals surface area contributed by atoms with Gasteiger partial charge in [-0.05, 0) is 36.5 Å². The monoisotopic (exact) mass is 234 g/mol. The Balaban J connectivity index is 1.85. The summed E-state index contributed by atoms with van der Waals surface area (Å²) in [4.78, 5) is 0. The summed E-state index contributed by atoms with van der Waals surface area (Å²) < 4.78 is 11.0. The molecule has 1 saturated carbocycles. The molecule has 92 valence electrons. The minimum Gasteiger partial charge on any atom is -0.486 e. The Morgan fingerprint density at radius 3 is 2.82 bits per heavy atom. The van der Waals surface area contributed by atoms with Crippen molar-refractivity contribution in [2.75, 3.05) is 13.2 Å². The minimum atomic E-state index is -0.619. The zero-order valence-electron chi connectivity index (χ0n) is 10.1. The predicted octanol–water partition coefficient (Wildman–Crippen LogP) is 2.47. The van der Waals surface area contributed by atoms with Crippen LogP contribution in [0.5, 0.6) is 11.5 Å². The van der Waals surface area contributed by atoms with E-state index in [0.717, 1.165) is 36.3 Å². The first kappa shape index (κ1) is 10.9. The van der Waals surface area contributed by atoms with Gasteiger partial charge in [0.15, 0.2) is 11.5 Å². The van der Waals surface area contributed by atoms with E-state index in [2.05, 4.69) is 6.92 Å². The molecule has 1 N–H and O–H groups in total. The molecule has 1 aliphatic carbocycles. The second kappa shape index (κ2) is 3.91. The molecule has 1 aromatic carbocycles. The zero-order chi connectivity index (χ0) is 11.9. The molecule has 3 heteroatoms. The fraction of sp³-hybridized carbons (Fsp3) is 0.571. The lowest BCUT2D eigenvalue weighted by atomic mass is 10.0. The first-order valence-electron chi connectivity index (χ1n) is 6.36. The molecule has 3 rings (SSSR count). The van der Waals surface area contributed by atoms with Gasteiger partial charge in [0, 0.05) is 0 Å². The molecule has 1 heterocycles. The first-order chi connectivity index (χ1) is 8.24. The molecular weight excluding hydrogens is 216 g/mol. The molecule has 0 amide bonds. The van der Waals surface area contributed by atoms with E-state index >= 15 is 0 Å². The van der Waals surface area contributed by atoms with Crippen LogP contribution in [0.4, 0.5) is 0 Å². The number of aliphatic hydroxyl groups is 1. The van der Waals surface area contributed by atoms with E-state index in [1.54, 1.807) is 0 Å². The molecule has 0 saturated heterocycles. The van der Waals surface area contributed by atoms with Crippen LogP contribution in [0.3, 0.4) is 0 Å². The van der Waals surface area contributed by atoms with Crippen LogP contribution < -0.4 is 9.47 Å². The Labute approximate surface area is 101 Å². The van der Waals surface area contributed by atoms with Gasteiger partial charge in [0.25, 0.3) is 0 Å². The molecule has 1 fully saturated rings. The normalized spacial score (nSPS) is 30.1. The van der Waals surface area contributed by atoms with Crippen molar-refractivity contribution in [1.29, 1.82) is 0 Å². The van der Waals surface area contributed by atoms with Crippen molar-refractivity contribution < 1.29 is 14.6 Å². The highest BCUT2D eigenvalue weighted by molar-refractivity contribution is 5.47. The highest BCUT2D eigenvalue weighted by Gasteiger charge is 2.53. The van der Waals surface area contributed by atoms with Gasteiger partial charge < -0.3 is 14.6 Å². The summed E-state index contributed by atoms with van der Waals surface area (Å²) in [5, 5.41) is 10.5. The summed E-state index contributed by atoms with van der Waals surface area (Å²) in [6, 6.07) is 5.80. The summed E-state index contributed by atoms with van der Waals surface area (Å²) in [5.41, 5.74) is 0.353. The second-order valence-electron chi connectivity index (χ2n) is 4.97. The maximum absolute atomic E-state index is 10.5. The number of benzene rings is 1. The Bertz CT molecular complexity index is 429. The van der Waals surface area contributed by atoms with E-state index in [1.807, 2.05) is 18.2 Å². The van der Waals surface area contributed by atoms with Crippen LogP contribution in [-0.2, 0) is 5.60 Å². The van der Waals surface area contributed by atoms with Crippen LogP contribution in [0.25, 0.3) is 0 Å². The summed E-state index contributed by atoms with van der Waals surface area (Å²) in [6.45, 7) is 3.35. The number of hydrogen-bond donors (Lipinski definition) is 1. The number of hydrogen-bond acceptors (Lipinski definition) is 3. The van der Waals surface area contributed by atoms with Crippen molar-refractivity contribution in [3.8, 4) is 11.5 Å². The molecule has 2 aliphatic rings. The molecule has 0 radical (unpaired) electrons. The Morgan fingerprint density at radius 2 is 2.06 bits per heavy atom. The average molecular weight is 234 g/mol. The van der Waals surface area contributed by atoms with Gasteiger partial charge in [-0.1, -0.05) is 19.4 Å². The van der Waals surface area contributed by atoms with E-state index in [-0.39, 0.29) is 0 Å². The van der Waals surface area contributed by atoms with Gasteiger partial charge in [0.1, 0.15) is 13.2 Å². The van der Waals surface area contributed by atoms with Crippen molar-refractivity contribution in [3.05, 3.63) is 23.8 Å². The SMILES string of the molecule is CCCC1CC1(O)c1ccc2c(c1)OCCO2. The van der Waals surface area contributed by atoms with Crippen LogP contribution >= 0.6 is 0 Å². The minimum absolute atomic E-state index is 0.412. The lowest BCUT2D eigenvalue weighted by Gasteiger charge is -2.20. The molecule has 0 bridgehead atoms. The van der Waals surface area contributed by atoms with Crippen molar-refractivity contribution >= 4 is 0 Å². The molecule has 17 heavy (non-hydrogen) atoms. The molecule has 2 atom stereocenters. The lowest BCUT2D eigenvalue weighted by Crippen LogP contribution is -2.16. The van der Waals surface area contributed by atoms with Crippen molar-refractivity contribution in [3.63, 3.8) is 0 Å². The summed E-state index contributed by atoms with van der Waals surface area (Å²) in [6.07, 6.45) is 3.09. The second-order valence-corrected chi connectivity index (χ2v) is 4.97. The van der Waals surface area contributed by atoms with Gasteiger partial charge in [-0.25, -0.2) is 0 Å². The largest absolute Gasteiger partial charge is 0.486 e. The van der Waals surface area contributed by atoms with Crippen molar-refractivity contribution in [2.45, 2.75) is 31.8 Å². The number of fused-ring (bicyclic) bond motifs is 1. The standard InChI is InChI=1S/C14H18O3/c1-2-3-11-9-14(11,15)10-4-5-12-13(8-10)17-7-6-16-12/h4-5,8,11,15H,2-3,6-7,9H2,1H3. The molecule has 1 aliphatic heterocycles. The Hall–Kier alpha value is -1.22. The number of rotatable bonds is 3. The van der Waals surface area contributed by atoms with E-state index in [4.69, 9.17) is 9.47 Å². The molecule has 2 unspecified atom stereocenters. The zero-order valence-corrected chi connectivity index (χ0v) is 10.1. The van der Waals surface area contributed by atoms with Gasteiger partial charge in [-0.15, -0.1) is 0 Å². The quantitative estimate of drug-likeness (QED) is 0.873. The summed E-state index contributed by atoms with van der Waals surface area (Å²) >= 11 is 0. The van der Waals surface area contributed by atoms with Crippen LogP contribution in [0.1, 0.15) is 31.7 Å².